The number of hydrogen-bond acceptors (Lipinski definition) is 3. The predicted octanol–water partition coefficient (Wildman–Crippen LogP) is 1.93. The molecule has 86 valence electrons. The fourth-order valence-electron chi connectivity index (χ4n) is 2.51. The van der Waals surface area contributed by atoms with Gasteiger partial charge in [0.05, 0.1) is 6.10 Å². The van der Waals surface area contributed by atoms with Gasteiger partial charge in [-0.05, 0) is 23.6 Å². The molecule has 0 bridgehead atoms. The summed E-state index contributed by atoms with van der Waals surface area (Å²) in [6.07, 6.45) is 4.76. The third-order valence-corrected chi connectivity index (χ3v) is 3.37. The highest BCUT2D eigenvalue weighted by Gasteiger charge is 2.30. The third-order valence-electron chi connectivity index (χ3n) is 3.37. The van der Waals surface area contributed by atoms with Crippen molar-refractivity contribution in [1.82, 2.24) is 9.97 Å². The fourth-order valence-corrected chi connectivity index (χ4v) is 2.51. The first-order valence-corrected chi connectivity index (χ1v) is 5.86. The van der Waals surface area contributed by atoms with Gasteiger partial charge in [-0.25, -0.2) is 9.97 Å². The molecule has 2 atom stereocenters. The summed E-state index contributed by atoms with van der Waals surface area (Å²) in [5.41, 5.74) is 2.31. The molecule has 3 nitrogen and oxygen atoms in total. The van der Waals surface area contributed by atoms with E-state index in [1.807, 2.05) is 24.3 Å². The summed E-state index contributed by atoms with van der Waals surface area (Å²) in [5.74, 6) is 1.01. The Morgan fingerprint density at radius 2 is 1.88 bits per heavy atom. The zero-order valence-corrected chi connectivity index (χ0v) is 9.45. The van der Waals surface area contributed by atoms with Gasteiger partial charge in [0.15, 0.2) is 0 Å². The Bertz CT molecular complexity index is 513. The monoisotopic (exact) mass is 226 g/mol. The molecule has 3 heteroatoms. The zero-order valence-electron chi connectivity index (χ0n) is 9.45. The molecule has 3 rings (SSSR count). The predicted molar refractivity (Wildman–Crippen MR) is 64.3 cm³/mol. The SMILES string of the molecule is OC1c2ccccc2CC1Cc1ncccn1. The first-order chi connectivity index (χ1) is 8.34. The van der Waals surface area contributed by atoms with Gasteiger partial charge in [-0.15, -0.1) is 0 Å². The van der Waals surface area contributed by atoms with Crippen LogP contribution in [0.2, 0.25) is 0 Å². The molecule has 0 amide bonds. The van der Waals surface area contributed by atoms with Crippen LogP contribution >= 0.6 is 0 Å². The molecule has 2 aromatic rings. The average Bonchev–Trinajstić information content (AvgIpc) is 2.68. The Morgan fingerprint density at radius 1 is 1.12 bits per heavy atom. The van der Waals surface area contributed by atoms with Crippen molar-refractivity contribution in [2.75, 3.05) is 0 Å². The molecule has 0 spiro atoms. The molecule has 1 aliphatic carbocycles. The standard InChI is InChI=1S/C14H14N2O/c17-14-11(9-13-15-6-3-7-16-13)8-10-4-1-2-5-12(10)14/h1-7,11,14,17H,8-9H2. The lowest BCUT2D eigenvalue weighted by atomic mass is 9.99. The number of aromatic nitrogens is 2. The van der Waals surface area contributed by atoms with Gasteiger partial charge in [-0.3, -0.25) is 0 Å². The molecule has 0 radical (unpaired) electrons. The summed E-state index contributed by atoms with van der Waals surface area (Å²) < 4.78 is 0. The van der Waals surface area contributed by atoms with Crippen molar-refractivity contribution in [1.29, 1.82) is 0 Å². The number of fused-ring (bicyclic) bond motifs is 1. The summed E-state index contributed by atoms with van der Waals surface area (Å²) in [5, 5.41) is 10.2. The van der Waals surface area contributed by atoms with E-state index in [9.17, 15) is 5.11 Å². The summed E-state index contributed by atoms with van der Waals surface area (Å²) >= 11 is 0. The van der Waals surface area contributed by atoms with Crippen molar-refractivity contribution in [2.24, 2.45) is 5.92 Å². The van der Waals surface area contributed by atoms with E-state index in [1.165, 1.54) is 5.56 Å². The summed E-state index contributed by atoms with van der Waals surface area (Å²) in [4.78, 5) is 8.43. The summed E-state index contributed by atoms with van der Waals surface area (Å²) in [7, 11) is 0. The molecule has 1 N–H and O–H groups in total. The van der Waals surface area contributed by atoms with Crippen LogP contribution in [0.15, 0.2) is 42.7 Å². The van der Waals surface area contributed by atoms with E-state index in [2.05, 4.69) is 16.0 Å². The van der Waals surface area contributed by atoms with Crippen molar-refractivity contribution in [3.8, 4) is 0 Å². The highest BCUT2D eigenvalue weighted by Crippen LogP contribution is 2.37. The van der Waals surface area contributed by atoms with Crippen LogP contribution in [0.4, 0.5) is 0 Å². The van der Waals surface area contributed by atoms with Crippen LogP contribution in [0.3, 0.4) is 0 Å². The average molecular weight is 226 g/mol. The van der Waals surface area contributed by atoms with Gasteiger partial charge in [0.1, 0.15) is 5.82 Å². The van der Waals surface area contributed by atoms with Crippen LogP contribution in [-0.4, -0.2) is 15.1 Å². The minimum atomic E-state index is -0.380. The van der Waals surface area contributed by atoms with Gasteiger partial charge >= 0.3 is 0 Å². The first kappa shape index (κ1) is 10.4. The van der Waals surface area contributed by atoms with Gasteiger partial charge in [-0.1, -0.05) is 24.3 Å². The maximum Gasteiger partial charge on any atom is 0.128 e. The molecule has 17 heavy (non-hydrogen) atoms. The number of aliphatic hydroxyl groups excluding tert-OH is 1. The molecule has 0 saturated heterocycles. The number of rotatable bonds is 2. The van der Waals surface area contributed by atoms with E-state index in [1.54, 1.807) is 12.4 Å². The number of benzene rings is 1. The molecule has 2 unspecified atom stereocenters. The second-order valence-electron chi connectivity index (χ2n) is 4.48. The molecule has 1 aromatic carbocycles. The smallest absolute Gasteiger partial charge is 0.128 e. The second kappa shape index (κ2) is 4.26. The van der Waals surface area contributed by atoms with Crippen molar-refractivity contribution < 1.29 is 5.11 Å². The van der Waals surface area contributed by atoms with Gasteiger partial charge in [-0.2, -0.15) is 0 Å². The maximum atomic E-state index is 10.2. The van der Waals surface area contributed by atoms with Gasteiger partial charge < -0.3 is 5.11 Å². The number of nitrogens with zero attached hydrogens (tertiary/aromatic N) is 2. The van der Waals surface area contributed by atoms with E-state index < -0.39 is 0 Å². The Hall–Kier alpha value is -1.74. The molecule has 1 heterocycles. The van der Waals surface area contributed by atoms with Crippen molar-refractivity contribution in [3.05, 3.63) is 59.7 Å². The number of aliphatic hydroxyl groups is 1. The zero-order chi connectivity index (χ0) is 11.7. The minimum absolute atomic E-state index is 0.204. The van der Waals surface area contributed by atoms with Crippen molar-refractivity contribution >= 4 is 0 Å². The van der Waals surface area contributed by atoms with E-state index in [4.69, 9.17) is 0 Å². The quantitative estimate of drug-likeness (QED) is 0.851. The summed E-state index contributed by atoms with van der Waals surface area (Å²) in [6.45, 7) is 0. The maximum absolute atomic E-state index is 10.2. The van der Waals surface area contributed by atoms with Crippen LogP contribution in [-0.2, 0) is 12.8 Å². The van der Waals surface area contributed by atoms with Gasteiger partial charge in [0.2, 0.25) is 0 Å². The fraction of sp³-hybridized carbons (Fsp3) is 0.286. The van der Waals surface area contributed by atoms with Crippen LogP contribution in [0, 0.1) is 5.92 Å². The first-order valence-electron chi connectivity index (χ1n) is 5.86. The second-order valence-corrected chi connectivity index (χ2v) is 4.48. The van der Waals surface area contributed by atoms with Crippen LogP contribution in [0.1, 0.15) is 23.1 Å². The Morgan fingerprint density at radius 3 is 2.65 bits per heavy atom. The molecule has 0 aliphatic heterocycles. The lowest BCUT2D eigenvalue weighted by Gasteiger charge is -2.13. The Balaban J connectivity index is 1.81. The largest absolute Gasteiger partial charge is 0.388 e. The van der Waals surface area contributed by atoms with Crippen LogP contribution in [0.5, 0.6) is 0 Å². The van der Waals surface area contributed by atoms with Crippen molar-refractivity contribution in [3.63, 3.8) is 0 Å². The highest BCUT2D eigenvalue weighted by atomic mass is 16.3. The lowest BCUT2D eigenvalue weighted by molar-refractivity contribution is 0.122. The summed E-state index contributed by atoms with van der Waals surface area (Å²) in [6, 6.07) is 9.90. The number of hydrogen-bond donors (Lipinski definition) is 1. The van der Waals surface area contributed by atoms with E-state index >= 15 is 0 Å². The topological polar surface area (TPSA) is 46.0 Å². The minimum Gasteiger partial charge on any atom is -0.388 e. The highest BCUT2D eigenvalue weighted by molar-refractivity contribution is 5.34. The third kappa shape index (κ3) is 1.94. The van der Waals surface area contributed by atoms with Gasteiger partial charge in [0.25, 0.3) is 0 Å². The lowest BCUT2D eigenvalue weighted by Crippen LogP contribution is -2.12. The van der Waals surface area contributed by atoms with E-state index in [-0.39, 0.29) is 12.0 Å². The molecule has 1 aliphatic rings. The molecule has 0 saturated carbocycles. The Labute approximate surface area is 100 Å². The normalized spacial score (nSPS) is 22.4. The molecule has 1 aromatic heterocycles. The Kier molecular flexibility index (Phi) is 2.61. The van der Waals surface area contributed by atoms with Gasteiger partial charge in [0, 0.05) is 24.7 Å². The molecule has 0 fully saturated rings. The van der Waals surface area contributed by atoms with Crippen LogP contribution < -0.4 is 0 Å². The molecular formula is C14H14N2O. The molecular weight excluding hydrogens is 212 g/mol. The van der Waals surface area contributed by atoms with Crippen LogP contribution in [0.25, 0.3) is 0 Å². The van der Waals surface area contributed by atoms with E-state index in [0.717, 1.165) is 24.2 Å². The van der Waals surface area contributed by atoms with E-state index in [0.29, 0.717) is 0 Å². The van der Waals surface area contributed by atoms with Crippen molar-refractivity contribution in [2.45, 2.75) is 18.9 Å².